The molecule has 1 aliphatic rings. The molecule has 0 bridgehead atoms. The van der Waals surface area contributed by atoms with Crippen molar-refractivity contribution in [2.75, 3.05) is 25.1 Å². The van der Waals surface area contributed by atoms with Crippen molar-refractivity contribution in [3.63, 3.8) is 0 Å². The van der Waals surface area contributed by atoms with E-state index in [2.05, 4.69) is 5.32 Å². The number of nitro groups is 1. The number of hydrogen-bond donors (Lipinski definition) is 1. The first kappa shape index (κ1) is 14.0. The van der Waals surface area contributed by atoms with Gasteiger partial charge in [-0.05, 0) is 18.8 Å². The SMILES string of the molecule is O=[N+]([O-])c1cc(Cl)c(F)cc1NCC1CCCOC1. The van der Waals surface area contributed by atoms with Crippen LogP contribution in [-0.4, -0.2) is 24.7 Å². The van der Waals surface area contributed by atoms with E-state index in [1.54, 1.807) is 0 Å². The molecule has 1 unspecified atom stereocenters. The van der Waals surface area contributed by atoms with Crippen molar-refractivity contribution in [1.29, 1.82) is 0 Å². The topological polar surface area (TPSA) is 64.4 Å². The minimum atomic E-state index is -0.672. The lowest BCUT2D eigenvalue weighted by atomic mass is 10.0. The molecule has 1 aliphatic heterocycles. The molecule has 0 aliphatic carbocycles. The molecule has 1 saturated heterocycles. The molecule has 0 aromatic heterocycles. The largest absolute Gasteiger partial charge is 0.381 e. The molecule has 2 rings (SSSR count). The van der Waals surface area contributed by atoms with Crippen molar-refractivity contribution in [3.05, 3.63) is 33.1 Å². The number of hydrogen-bond acceptors (Lipinski definition) is 4. The highest BCUT2D eigenvalue weighted by atomic mass is 35.5. The first-order valence-corrected chi connectivity index (χ1v) is 6.41. The third kappa shape index (κ3) is 3.54. The second-order valence-corrected chi connectivity index (χ2v) is 4.91. The van der Waals surface area contributed by atoms with Crippen LogP contribution in [-0.2, 0) is 4.74 Å². The summed E-state index contributed by atoms with van der Waals surface area (Å²) < 4.78 is 18.7. The summed E-state index contributed by atoms with van der Waals surface area (Å²) in [6.45, 7) is 1.89. The smallest absolute Gasteiger partial charge is 0.294 e. The molecule has 7 heteroatoms. The maximum Gasteiger partial charge on any atom is 0.294 e. The van der Waals surface area contributed by atoms with Crippen LogP contribution in [0.15, 0.2) is 12.1 Å². The van der Waals surface area contributed by atoms with Crippen LogP contribution in [0, 0.1) is 21.8 Å². The van der Waals surface area contributed by atoms with Gasteiger partial charge in [-0.15, -0.1) is 0 Å². The third-order valence-electron chi connectivity index (χ3n) is 3.07. The van der Waals surface area contributed by atoms with E-state index in [1.165, 1.54) is 0 Å². The molecule has 1 aromatic carbocycles. The molecule has 104 valence electrons. The Kier molecular flexibility index (Phi) is 4.55. The van der Waals surface area contributed by atoms with Crippen molar-refractivity contribution < 1.29 is 14.1 Å². The van der Waals surface area contributed by atoms with Gasteiger partial charge in [0.25, 0.3) is 5.69 Å². The Morgan fingerprint density at radius 2 is 2.37 bits per heavy atom. The summed E-state index contributed by atoms with van der Waals surface area (Å²) in [5.74, 6) is -0.387. The molecule has 0 spiro atoms. The number of benzene rings is 1. The predicted molar refractivity (Wildman–Crippen MR) is 70.1 cm³/mol. The summed E-state index contributed by atoms with van der Waals surface area (Å²) in [6.07, 6.45) is 1.97. The number of nitrogens with zero attached hydrogens (tertiary/aromatic N) is 1. The molecule has 1 aromatic rings. The number of anilines is 1. The van der Waals surface area contributed by atoms with Gasteiger partial charge in [-0.3, -0.25) is 10.1 Å². The Hall–Kier alpha value is -1.40. The predicted octanol–water partition coefficient (Wildman–Crippen LogP) is 3.23. The van der Waals surface area contributed by atoms with Crippen LogP contribution in [0.4, 0.5) is 15.8 Å². The van der Waals surface area contributed by atoms with Gasteiger partial charge >= 0.3 is 0 Å². The van der Waals surface area contributed by atoms with Crippen molar-refractivity contribution in [2.45, 2.75) is 12.8 Å². The fraction of sp³-hybridized carbons (Fsp3) is 0.500. The Labute approximate surface area is 114 Å². The van der Waals surface area contributed by atoms with E-state index in [0.717, 1.165) is 31.6 Å². The van der Waals surface area contributed by atoms with E-state index in [1.807, 2.05) is 0 Å². The molecule has 0 amide bonds. The zero-order valence-corrected chi connectivity index (χ0v) is 11.0. The summed E-state index contributed by atoms with van der Waals surface area (Å²) in [5.41, 5.74) is -0.0689. The van der Waals surface area contributed by atoms with E-state index in [0.29, 0.717) is 13.2 Å². The van der Waals surface area contributed by atoms with Gasteiger partial charge in [0.1, 0.15) is 11.5 Å². The zero-order valence-electron chi connectivity index (χ0n) is 10.2. The molecular formula is C12H14ClFN2O3. The van der Waals surface area contributed by atoms with E-state index in [9.17, 15) is 14.5 Å². The van der Waals surface area contributed by atoms with Crippen LogP contribution >= 0.6 is 11.6 Å². The first-order chi connectivity index (χ1) is 9.08. The monoisotopic (exact) mass is 288 g/mol. The summed E-state index contributed by atoms with van der Waals surface area (Å²) in [5, 5.41) is 13.6. The molecule has 5 nitrogen and oxygen atoms in total. The fourth-order valence-corrected chi connectivity index (χ4v) is 2.21. The van der Waals surface area contributed by atoms with Crippen LogP contribution < -0.4 is 5.32 Å². The van der Waals surface area contributed by atoms with Crippen LogP contribution in [0.5, 0.6) is 0 Å². The number of nitrogens with one attached hydrogen (secondary N) is 1. The highest BCUT2D eigenvalue weighted by Gasteiger charge is 2.19. The molecule has 1 fully saturated rings. The third-order valence-corrected chi connectivity index (χ3v) is 3.36. The quantitative estimate of drug-likeness (QED) is 0.682. The van der Waals surface area contributed by atoms with Gasteiger partial charge in [-0.1, -0.05) is 11.6 Å². The number of rotatable bonds is 4. The van der Waals surface area contributed by atoms with Gasteiger partial charge in [0, 0.05) is 25.3 Å². The number of halogens is 2. The fourth-order valence-electron chi connectivity index (χ4n) is 2.05. The van der Waals surface area contributed by atoms with E-state index >= 15 is 0 Å². The highest BCUT2D eigenvalue weighted by Crippen LogP contribution is 2.30. The van der Waals surface area contributed by atoms with Gasteiger partial charge in [-0.25, -0.2) is 4.39 Å². The maximum atomic E-state index is 13.4. The lowest BCUT2D eigenvalue weighted by Gasteiger charge is -2.22. The normalized spacial score (nSPS) is 19.2. The number of nitro benzene ring substituents is 1. The van der Waals surface area contributed by atoms with Crippen molar-refractivity contribution in [3.8, 4) is 0 Å². The lowest BCUT2D eigenvalue weighted by molar-refractivity contribution is -0.384. The van der Waals surface area contributed by atoms with Crippen LogP contribution in [0.3, 0.4) is 0 Å². The van der Waals surface area contributed by atoms with Crippen LogP contribution in [0.2, 0.25) is 5.02 Å². The zero-order chi connectivity index (χ0) is 13.8. The lowest BCUT2D eigenvalue weighted by Crippen LogP contribution is -2.24. The van der Waals surface area contributed by atoms with Crippen molar-refractivity contribution in [2.24, 2.45) is 5.92 Å². The molecule has 19 heavy (non-hydrogen) atoms. The molecule has 0 saturated carbocycles. The van der Waals surface area contributed by atoms with Crippen LogP contribution in [0.25, 0.3) is 0 Å². The van der Waals surface area contributed by atoms with E-state index < -0.39 is 10.7 Å². The second-order valence-electron chi connectivity index (χ2n) is 4.50. The molecule has 1 N–H and O–H groups in total. The average molecular weight is 289 g/mol. The Balaban J connectivity index is 2.09. The average Bonchev–Trinajstić information content (AvgIpc) is 2.40. The summed E-state index contributed by atoms with van der Waals surface area (Å²) in [7, 11) is 0. The second kappa shape index (κ2) is 6.16. The Morgan fingerprint density at radius 3 is 3.00 bits per heavy atom. The van der Waals surface area contributed by atoms with Gasteiger partial charge < -0.3 is 10.1 Å². The maximum absolute atomic E-state index is 13.4. The standard InChI is InChI=1S/C12H14ClFN2O3/c13-9-4-12(16(17)18)11(5-10(9)14)15-6-8-2-1-3-19-7-8/h4-5,8,15H,1-3,6-7H2. The molecule has 1 atom stereocenters. The summed E-state index contributed by atoms with van der Waals surface area (Å²) >= 11 is 5.55. The van der Waals surface area contributed by atoms with Crippen molar-refractivity contribution in [1.82, 2.24) is 0 Å². The van der Waals surface area contributed by atoms with E-state index in [4.69, 9.17) is 16.3 Å². The summed E-state index contributed by atoms with van der Waals surface area (Å²) in [4.78, 5) is 10.3. The Morgan fingerprint density at radius 1 is 1.58 bits per heavy atom. The molecular weight excluding hydrogens is 275 g/mol. The number of ether oxygens (including phenoxy) is 1. The molecule has 1 heterocycles. The van der Waals surface area contributed by atoms with Gasteiger partial charge in [0.2, 0.25) is 0 Å². The van der Waals surface area contributed by atoms with Gasteiger partial charge in [0.15, 0.2) is 0 Å². The Bertz CT molecular complexity index is 478. The minimum absolute atomic E-state index is 0.150. The minimum Gasteiger partial charge on any atom is -0.381 e. The highest BCUT2D eigenvalue weighted by molar-refractivity contribution is 6.31. The van der Waals surface area contributed by atoms with Gasteiger partial charge in [-0.2, -0.15) is 0 Å². The van der Waals surface area contributed by atoms with Crippen molar-refractivity contribution >= 4 is 23.0 Å². The summed E-state index contributed by atoms with van der Waals surface area (Å²) in [6, 6.07) is 2.08. The van der Waals surface area contributed by atoms with E-state index in [-0.39, 0.29) is 22.3 Å². The first-order valence-electron chi connectivity index (χ1n) is 6.03. The van der Waals surface area contributed by atoms with Crippen LogP contribution in [0.1, 0.15) is 12.8 Å². The molecule has 0 radical (unpaired) electrons. The van der Waals surface area contributed by atoms with Gasteiger partial charge in [0.05, 0.1) is 16.6 Å².